The number of rotatable bonds is 10. The number of benzene rings is 1. The summed E-state index contributed by atoms with van der Waals surface area (Å²) in [5.41, 5.74) is 0.599. The molecule has 1 heterocycles. The minimum atomic E-state index is -3.60. The van der Waals surface area contributed by atoms with Gasteiger partial charge in [-0.25, -0.2) is 12.7 Å². The number of hydrogen-bond donors (Lipinski definition) is 1. The Balaban J connectivity index is 2.00. The van der Waals surface area contributed by atoms with Crippen molar-refractivity contribution >= 4 is 50.1 Å². The van der Waals surface area contributed by atoms with Gasteiger partial charge in [-0.2, -0.15) is 0 Å². The van der Waals surface area contributed by atoms with Crippen LogP contribution in [0.15, 0.2) is 27.4 Å². The Morgan fingerprint density at radius 3 is 2.60 bits per heavy atom. The highest BCUT2D eigenvalue weighted by atomic mass is 32.2. The first-order chi connectivity index (χ1) is 14.2. The number of carbonyl (C=O) groups is 2. The van der Waals surface area contributed by atoms with Crippen LogP contribution in [0.4, 0.5) is 5.13 Å². The Hall–Kier alpha value is -2.22. The van der Waals surface area contributed by atoms with Crippen molar-refractivity contribution in [1.29, 1.82) is 0 Å². The van der Waals surface area contributed by atoms with E-state index in [1.54, 1.807) is 6.07 Å². The van der Waals surface area contributed by atoms with Crippen molar-refractivity contribution in [1.82, 2.24) is 14.5 Å². The topological polar surface area (TPSA) is 128 Å². The smallest absolute Gasteiger partial charge is 0.316 e. The quantitative estimate of drug-likeness (QED) is 0.310. The summed E-state index contributed by atoms with van der Waals surface area (Å²) < 4.78 is 36.2. The number of anilines is 1. The highest BCUT2D eigenvalue weighted by molar-refractivity contribution is 8.01. The number of amides is 1. The highest BCUT2D eigenvalue weighted by Crippen LogP contribution is 2.27. The predicted octanol–water partition coefficient (Wildman–Crippen LogP) is 1.63. The first kappa shape index (κ1) is 24.1. The SMILES string of the molecule is COC(=O)CSc1nnc(NC(=O)CCc2cc(S(=O)(=O)N(C)C)ccc2OC)s1. The van der Waals surface area contributed by atoms with Gasteiger partial charge in [0.05, 0.1) is 24.9 Å². The average Bonchev–Trinajstić information content (AvgIpc) is 3.17. The number of thioether (sulfide) groups is 1. The van der Waals surface area contributed by atoms with Crippen LogP contribution in [0.5, 0.6) is 5.75 Å². The molecule has 0 saturated heterocycles. The number of aromatic nitrogens is 2. The van der Waals surface area contributed by atoms with Gasteiger partial charge in [0.25, 0.3) is 0 Å². The van der Waals surface area contributed by atoms with Crippen LogP contribution < -0.4 is 10.1 Å². The van der Waals surface area contributed by atoms with Gasteiger partial charge in [0, 0.05) is 20.5 Å². The van der Waals surface area contributed by atoms with E-state index in [0.717, 1.165) is 27.4 Å². The Labute approximate surface area is 183 Å². The normalized spacial score (nSPS) is 11.4. The molecular weight excluding hydrogens is 452 g/mol. The molecule has 0 aliphatic rings. The number of carbonyl (C=O) groups excluding carboxylic acids is 2. The lowest BCUT2D eigenvalue weighted by molar-refractivity contribution is -0.137. The van der Waals surface area contributed by atoms with Crippen molar-refractivity contribution in [2.24, 2.45) is 0 Å². The van der Waals surface area contributed by atoms with Crippen LogP contribution >= 0.6 is 23.1 Å². The maximum Gasteiger partial charge on any atom is 0.316 e. The first-order valence-electron chi connectivity index (χ1n) is 8.59. The second-order valence-corrected chi connectivity index (χ2v) is 10.4. The van der Waals surface area contributed by atoms with Gasteiger partial charge >= 0.3 is 5.97 Å². The van der Waals surface area contributed by atoms with Crippen LogP contribution in [-0.2, 0) is 30.8 Å². The zero-order chi connectivity index (χ0) is 22.3. The van der Waals surface area contributed by atoms with E-state index in [0.29, 0.717) is 20.8 Å². The van der Waals surface area contributed by atoms with Crippen molar-refractivity contribution < 1.29 is 27.5 Å². The van der Waals surface area contributed by atoms with Gasteiger partial charge in [0.1, 0.15) is 5.75 Å². The van der Waals surface area contributed by atoms with Crippen molar-refractivity contribution in [2.75, 3.05) is 39.4 Å². The molecule has 0 fully saturated rings. The van der Waals surface area contributed by atoms with E-state index in [1.807, 2.05) is 0 Å². The predicted molar refractivity (Wildman–Crippen MR) is 113 cm³/mol. The van der Waals surface area contributed by atoms with E-state index in [4.69, 9.17) is 4.74 Å². The van der Waals surface area contributed by atoms with E-state index < -0.39 is 10.0 Å². The first-order valence-corrected chi connectivity index (χ1v) is 11.8. The van der Waals surface area contributed by atoms with Crippen molar-refractivity contribution in [3.8, 4) is 5.75 Å². The molecule has 30 heavy (non-hydrogen) atoms. The molecule has 10 nitrogen and oxygen atoms in total. The summed E-state index contributed by atoms with van der Waals surface area (Å²) in [7, 11) is 2.09. The van der Waals surface area contributed by atoms with E-state index in [9.17, 15) is 18.0 Å². The van der Waals surface area contributed by atoms with E-state index >= 15 is 0 Å². The fourth-order valence-electron chi connectivity index (χ4n) is 2.25. The maximum absolute atomic E-state index is 12.3. The molecule has 0 spiro atoms. The minimum absolute atomic E-state index is 0.0893. The molecule has 13 heteroatoms. The Kier molecular flexibility index (Phi) is 8.58. The number of ether oxygens (including phenoxy) is 2. The van der Waals surface area contributed by atoms with Gasteiger partial charge in [-0.3, -0.25) is 9.59 Å². The largest absolute Gasteiger partial charge is 0.496 e. The molecule has 1 aromatic heterocycles. The molecule has 0 radical (unpaired) electrons. The lowest BCUT2D eigenvalue weighted by Gasteiger charge is -2.14. The fourth-order valence-corrected chi connectivity index (χ4v) is 4.80. The maximum atomic E-state index is 12.3. The van der Waals surface area contributed by atoms with Crippen LogP contribution in [-0.4, -0.2) is 68.9 Å². The number of hydrogen-bond acceptors (Lipinski definition) is 10. The monoisotopic (exact) mass is 474 g/mol. The van der Waals surface area contributed by atoms with Crippen molar-refractivity contribution in [2.45, 2.75) is 22.1 Å². The van der Waals surface area contributed by atoms with Crippen LogP contribution in [0.25, 0.3) is 0 Å². The third-order valence-electron chi connectivity index (χ3n) is 3.85. The van der Waals surface area contributed by atoms with Crippen molar-refractivity contribution in [3.63, 3.8) is 0 Å². The van der Waals surface area contributed by atoms with Crippen LogP contribution in [0.3, 0.4) is 0 Å². The number of nitrogens with one attached hydrogen (secondary N) is 1. The van der Waals surface area contributed by atoms with Gasteiger partial charge in [-0.1, -0.05) is 23.1 Å². The minimum Gasteiger partial charge on any atom is -0.496 e. The number of nitrogens with zero attached hydrogens (tertiary/aromatic N) is 3. The van der Waals surface area contributed by atoms with Gasteiger partial charge in [0.15, 0.2) is 4.34 Å². The standard InChI is InChI=1S/C17H22N4O6S3/c1-21(2)30(24,25)12-6-7-13(26-3)11(9-12)5-8-14(22)18-16-19-20-17(29-16)28-10-15(23)27-4/h6-7,9H,5,8,10H2,1-4H3,(H,18,19,22). The van der Waals surface area contributed by atoms with Gasteiger partial charge < -0.3 is 14.8 Å². The number of sulfonamides is 1. The molecule has 0 aliphatic carbocycles. The molecule has 0 aliphatic heterocycles. The summed E-state index contributed by atoms with van der Waals surface area (Å²) in [5, 5.41) is 10.7. The fraction of sp³-hybridized carbons (Fsp3) is 0.412. The lowest BCUT2D eigenvalue weighted by Crippen LogP contribution is -2.22. The van der Waals surface area contributed by atoms with Gasteiger partial charge in [-0.05, 0) is 30.2 Å². The Morgan fingerprint density at radius 1 is 1.23 bits per heavy atom. The number of esters is 1. The van der Waals surface area contributed by atoms with Crippen molar-refractivity contribution in [3.05, 3.63) is 23.8 Å². The molecule has 1 aromatic carbocycles. The summed E-state index contributed by atoms with van der Waals surface area (Å²) in [6.45, 7) is 0. The average molecular weight is 475 g/mol. The summed E-state index contributed by atoms with van der Waals surface area (Å²) >= 11 is 2.31. The molecular formula is C17H22N4O6S3. The van der Waals surface area contributed by atoms with Crippen LogP contribution in [0.1, 0.15) is 12.0 Å². The Bertz CT molecular complexity index is 1010. The third-order valence-corrected chi connectivity index (χ3v) is 7.60. The van der Waals surface area contributed by atoms with Crippen LogP contribution in [0.2, 0.25) is 0 Å². The molecule has 164 valence electrons. The van der Waals surface area contributed by atoms with E-state index in [-0.39, 0.29) is 35.4 Å². The molecule has 0 unspecified atom stereocenters. The summed E-state index contributed by atoms with van der Waals surface area (Å²) in [6, 6.07) is 4.54. The molecule has 0 atom stereocenters. The number of methoxy groups -OCH3 is 2. The molecule has 1 N–H and O–H groups in total. The van der Waals surface area contributed by atoms with E-state index in [1.165, 1.54) is 40.4 Å². The Morgan fingerprint density at radius 2 is 1.97 bits per heavy atom. The second-order valence-electron chi connectivity index (χ2n) is 6.05. The number of aryl methyl sites for hydroxylation is 1. The molecule has 1 amide bonds. The summed E-state index contributed by atoms with van der Waals surface area (Å²) in [4.78, 5) is 23.6. The molecule has 0 saturated carbocycles. The summed E-state index contributed by atoms with van der Waals surface area (Å²) in [6.07, 6.45) is 0.362. The van der Waals surface area contributed by atoms with Gasteiger partial charge in [0.2, 0.25) is 21.1 Å². The molecule has 0 bridgehead atoms. The zero-order valence-electron chi connectivity index (χ0n) is 16.9. The molecule has 2 aromatic rings. The zero-order valence-corrected chi connectivity index (χ0v) is 19.3. The van der Waals surface area contributed by atoms with Crippen LogP contribution in [0, 0.1) is 0 Å². The second kappa shape index (κ2) is 10.7. The third kappa shape index (κ3) is 6.39. The summed E-state index contributed by atoms with van der Waals surface area (Å²) in [5.74, 6) is -0.0878. The lowest BCUT2D eigenvalue weighted by atomic mass is 10.1. The van der Waals surface area contributed by atoms with Gasteiger partial charge in [-0.15, -0.1) is 10.2 Å². The van der Waals surface area contributed by atoms with E-state index in [2.05, 4.69) is 20.3 Å². The molecule has 2 rings (SSSR count). The highest BCUT2D eigenvalue weighted by Gasteiger charge is 2.19.